The van der Waals surface area contributed by atoms with Gasteiger partial charge in [-0.15, -0.1) is 0 Å². The van der Waals surface area contributed by atoms with Gasteiger partial charge in [0.05, 0.1) is 0 Å². The Morgan fingerprint density at radius 1 is 0.400 bits per heavy atom. The molecule has 4 aromatic rings. The van der Waals surface area contributed by atoms with Crippen molar-refractivity contribution in [2.75, 3.05) is 0 Å². The molecule has 1 heteroatoms. The monoisotopic (exact) mass is 672 g/mol. The summed E-state index contributed by atoms with van der Waals surface area (Å²) in [7, 11) is 0. The number of hydrogen-bond donors (Lipinski definition) is 0. The topological polar surface area (TPSA) is 0 Å². The van der Waals surface area contributed by atoms with Crippen molar-refractivity contribution in [3.05, 3.63) is 116 Å². The van der Waals surface area contributed by atoms with Crippen molar-refractivity contribution in [3.8, 4) is 22.3 Å². The van der Waals surface area contributed by atoms with Crippen LogP contribution in [0.5, 0.6) is 0 Å². The predicted molar refractivity (Wildman–Crippen MR) is 192 cm³/mol. The number of rotatable bonds is 2. The van der Waals surface area contributed by atoms with E-state index in [4.69, 9.17) is 0 Å². The SMILES string of the molecule is Cc1cc(C(C)(C)C)cc2c1-c1ccc(C(C)(C)C)cc1[CH]2[Zr][CH]1c2cc(C(C)(C)C)ccc2-c2c(C)cc(C(C)(C)C)cc21. The third kappa shape index (κ3) is 5.69. The molecule has 2 aliphatic carbocycles. The van der Waals surface area contributed by atoms with Crippen molar-refractivity contribution in [1.82, 2.24) is 0 Å². The van der Waals surface area contributed by atoms with Gasteiger partial charge < -0.3 is 0 Å². The molecule has 0 bridgehead atoms. The van der Waals surface area contributed by atoms with Crippen LogP contribution in [0.15, 0.2) is 60.7 Å². The summed E-state index contributed by atoms with van der Waals surface area (Å²) in [5, 5.41) is 0. The Balaban J connectivity index is 1.61. The molecule has 0 saturated heterocycles. The molecule has 2 atom stereocenters. The summed E-state index contributed by atoms with van der Waals surface area (Å²) < 4.78 is 1.03. The molecule has 0 heterocycles. The molecule has 0 saturated carbocycles. The van der Waals surface area contributed by atoms with Crippen molar-refractivity contribution in [2.24, 2.45) is 0 Å². The van der Waals surface area contributed by atoms with Gasteiger partial charge in [-0.25, -0.2) is 0 Å². The maximum absolute atomic E-state index is 2.61. The van der Waals surface area contributed by atoms with Crippen LogP contribution in [0, 0.1) is 13.8 Å². The fraction of sp³-hybridized carbons (Fsp3) is 0.455. The minimum atomic E-state index is -1.15. The summed E-state index contributed by atoms with van der Waals surface area (Å²) in [5.41, 5.74) is 21.7. The molecule has 2 unspecified atom stereocenters. The van der Waals surface area contributed by atoms with Crippen LogP contribution >= 0.6 is 0 Å². The van der Waals surface area contributed by atoms with Crippen LogP contribution in [0.3, 0.4) is 0 Å². The second-order valence-electron chi connectivity index (χ2n) is 18.2. The van der Waals surface area contributed by atoms with Crippen molar-refractivity contribution < 1.29 is 23.2 Å². The van der Waals surface area contributed by atoms with Gasteiger partial charge in [0.1, 0.15) is 0 Å². The fourth-order valence-corrected chi connectivity index (χ4v) is 12.4. The van der Waals surface area contributed by atoms with Crippen LogP contribution in [0.1, 0.15) is 146 Å². The second-order valence-corrected chi connectivity index (χ2v) is 21.8. The Hall–Kier alpha value is -2.24. The van der Waals surface area contributed by atoms with Crippen molar-refractivity contribution >= 4 is 0 Å². The van der Waals surface area contributed by atoms with E-state index in [0.29, 0.717) is 7.25 Å². The van der Waals surface area contributed by atoms with Crippen LogP contribution in [0.25, 0.3) is 22.3 Å². The van der Waals surface area contributed by atoms with E-state index in [1.54, 1.807) is 22.3 Å². The van der Waals surface area contributed by atoms with E-state index in [-0.39, 0.29) is 21.7 Å². The quantitative estimate of drug-likeness (QED) is 0.199. The standard InChI is InChI=1S/2C22H27.Zr/c2*1-14-10-18(22(5,6)7)13-16-11-15-12-17(21(2,3)4)8-9-19(15)20(14)16;/h2*8-13H,1-7H3;. The molecule has 2 aliphatic rings. The molecule has 234 valence electrons. The molecule has 0 radical (unpaired) electrons. The number of fused-ring (bicyclic) bond motifs is 6. The predicted octanol–water partition coefficient (Wildman–Crippen LogP) is 12.4. The third-order valence-electron chi connectivity index (χ3n) is 10.4. The maximum atomic E-state index is 2.61. The van der Waals surface area contributed by atoms with Crippen LogP contribution in [-0.4, -0.2) is 0 Å². The average molecular weight is 674 g/mol. The molecule has 6 rings (SSSR count). The van der Waals surface area contributed by atoms with E-state index in [9.17, 15) is 0 Å². The normalized spacial score (nSPS) is 17.6. The Bertz CT molecular complexity index is 1690. The first kappa shape index (κ1) is 32.7. The summed E-state index contributed by atoms with van der Waals surface area (Å²) in [5.74, 6) is 0. The van der Waals surface area contributed by atoms with Gasteiger partial charge in [-0.1, -0.05) is 0 Å². The van der Waals surface area contributed by atoms with Crippen LogP contribution in [0.2, 0.25) is 0 Å². The average Bonchev–Trinajstić information content (AvgIpc) is 3.39. The molecule has 45 heavy (non-hydrogen) atoms. The van der Waals surface area contributed by atoms with Gasteiger partial charge in [0.15, 0.2) is 0 Å². The van der Waals surface area contributed by atoms with E-state index >= 15 is 0 Å². The Morgan fingerprint density at radius 3 is 1.02 bits per heavy atom. The first-order chi connectivity index (χ1) is 20.7. The van der Waals surface area contributed by atoms with Crippen LogP contribution in [-0.2, 0) is 44.9 Å². The zero-order valence-electron chi connectivity index (χ0n) is 30.4. The summed E-state index contributed by atoms with van der Waals surface area (Å²) in [4.78, 5) is 0. The molecular weight excluding hydrogens is 620 g/mol. The third-order valence-corrected chi connectivity index (χ3v) is 15.1. The van der Waals surface area contributed by atoms with Gasteiger partial charge >= 0.3 is 288 Å². The Morgan fingerprint density at radius 2 is 0.711 bits per heavy atom. The van der Waals surface area contributed by atoms with E-state index < -0.39 is 23.2 Å². The molecule has 0 aromatic heterocycles. The number of aryl methyl sites for hydroxylation is 2. The second kappa shape index (κ2) is 10.6. The first-order valence-electron chi connectivity index (χ1n) is 17.0. The van der Waals surface area contributed by atoms with Gasteiger partial charge in [-0.2, -0.15) is 0 Å². The zero-order chi connectivity index (χ0) is 33.0. The van der Waals surface area contributed by atoms with Gasteiger partial charge in [-0.3, -0.25) is 0 Å². The van der Waals surface area contributed by atoms with E-state index in [1.165, 1.54) is 55.6 Å². The number of benzene rings is 4. The Labute approximate surface area is 286 Å². The van der Waals surface area contributed by atoms with Crippen LogP contribution < -0.4 is 0 Å². The van der Waals surface area contributed by atoms with Gasteiger partial charge in [-0.05, 0) is 0 Å². The summed E-state index contributed by atoms with van der Waals surface area (Å²) in [6, 6.07) is 25.1. The molecule has 0 nitrogen and oxygen atoms in total. The molecule has 0 amide bonds. The number of hydrogen-bond acceptors (Lipinski definition) is 0. The fourth-order valence-electron chi connectivity index (χ4n) is 7.54. The van der Waals surface area contributed by atoms with Gasteiger partial charge in [0.2, 0.25) is 0 Å². The molecule has 0 spiro atoms. The minimum absolute atomic E-state index is 0.119. The van der Waals surface area contributed by atoms with E-state index in [1.807, 2.05) is 0 Å². The van der Waals surface area contributed by atoms with Crippen molar-refractivity contribution in [2.45, 2.75) is 126 Å². The molecule has 4 aromatic carbocycles. The zero-order valence-corrected chi connectivity index (χ0v) is 32.9. The molecular formula is C44H54Zr. The molecule has 0 N–H and O–H groups in total. The van der Waals surface area contributed by atoms with Gasteiger partial charge in [0.25, 0.3) is 0 Å². The summed E-state index contributed by atoms with van der Waals surface area (Å²) in [6.45, 7) is 33.1. The first-order valence-corrected chi connectivity index (χ1v) is 19.9. The molecule has 0 aliphatic heterocycles. The summed E-state index contributed by atoms with van der Waals surface area (Å²) >= 11 is -1.15. The Kier molecular flexibility index (Phi) is 7.73. The van der Waals surface area contributed by atoms with Gasteiger partial charge in [0, 0.05) is 0 Å². The molecule has 0 fully saturated rings. The van der Waals surface area contributed by atoms with Crippen molar-refractivity contribution in [1.29, 1.82) is 0 Å². The summed E-state index contributed by atoms with van der Waals surface area (Å²) in [6.07, 6.45) is 0. The van der Waals surface area contributed by atoms with E-state index in [2.05, 4.69) is 158 Å². The van der Waals surface area contributed by atoms with E-state index in [0.717, 1.165) is 0 Å². The van der Waals surface area contributed by atoms with Crippen molar-refractivity contribution in [3.63, 3.8) is 0 Å². The van der Waals surface area contributed by atoms with Crippen LogP contribution in [0.4, 0.5) is 0 Å².